The van der Waals surface area contributed by atoms with Crippen molar-refractivity contribution in [1.29, 1.82) is 0 Å². The molecule has 0 aliphatic heterocycles. The molecule has 0 radical (unpaired) electrons. The van der Waals surface area contributed by atoms with Gasteiger partial charge in [-0.2, -0.15) is 0 Å². The topological polar surface area (TPSA) is 164 Å². The van der Waals surface area contributed by atoms with E-state index in [1.807, 2.05) is 6.92 Å². The Kier molecular flexibility index (Phi) is 12.5. The lowest BCUT2D eigenvalue weighted by Gasteiger charge is -2.31. The molecule has 208 valence electrons. The lowest BCUT2D eigenvalue weighted by molar-refractivity contribution is 0.261. The molecule has 37 heavy (non-hydrogen) atoms. The van der Waals surface area contributed by atoms with Gasteiger partial charge in [0.2, 0.25) is 5.52 Å². The van der Waals surface area contributed by atoms with Gasteiger partial charge >= 0.3 is 15.2 Å². The number of hydrogen-bond acceptors (Lipinski definition) is 7. The van der Waals surface area contributed by atoms with Crippen LogP contribution in [0.3, 0.4) is 0 Å². The minimum atomic E-state index is -5.10. The fourth-order valence-electron chi connectivity index (χ4n) is 3.94. The smallest absolute Gasteiger partial charge is 0.323 e. The molecular weight excluding hydrogens is 562 g/mol. The van der Waals surface area contributed by atoms with Gasteiger partial charge in [-0.3, -0.25) is 29.1 Å². The van der Waals surface area contributed by atoms with Crippen LogP contribution in [0.5, 0.6) is 0 Å². The Morgan fingerprint density at radius 1 is 1.14 bits per heavy atom. The Morgan fingerprint density at radius 3 is 2.38 bits per heavy atom. The zero-order chi connectivity index (χ0) is 27.8. The molecule has 1 heterocycles. The predicted octanol–water partition coefficient (Wildman–Crippen LogP) is 4.29. The number of fused-ring (bicyclic) bond motifs is 1. The highest BCUT2D eigenvalue weighted by atomic mass is 35.5. The third-order valence-corrected chi connectivity index (χ3v) is 10.4. The van der Waals surface area contributed by atoms with Crippen molar-refractivity contribution in [3.05, 3.63) is 35.5 Å². The molecular formula is C22H35ClN4O7P2S. The van der Waals surface area contributed by atoms with Gasteiger partial charge in [0.15, 0.2) is 0 Å². The van der Waals surface area contributed by atoms with Crippen molar-refractivity contribution >= 4 is 60.4 Å². The van der Waals surface area contributed by atoms with E-state index in [4.69, 9.17) is 11.6 Å². The van der Waals surface area contributed by atoms with E-state index < -0.39 is 20.7 Å². The Morgan fingerprint density at radius 2 is 1.78 bits per heavy atom. The maximum absolute atomic E-state index is 13.4. The highest BCUT2D eigenvalue weighted by Crippen LogP contribution is 2.58. The first-order valence-electron chi connectivity index (χ1n) is 11.9. The van der Waals surface area contributed by atoms with Gasteiger partial charge in [-0.05, 0) is 63.7 Å². The second-order valence-corrected chi connectivity index (χ2v) is 13.8. The summed E-state index contributed by atoms with van der Waals surface area (Å²) >= 11 is 7.02. The van der Waals surface area contributed by atoms with E-state index in [9.17, 15) is 33.5 Å². The van der Waals surface area contributed by atoms with Gasteiger partial charge in [0.05, 0.1) is 11.2 Å². The molecule has 0 saturated carbocycles. The summed E-state index contributed by atoms with van der Waals surface area (Å²) < 4.78 is 22.9. The maximum atomic E-state index is 13.4. The predicted molar refractivity (Wildman–Crippen MR) is 149 cm³/mol. The number of carbonyl (C=O) groups excluding carboxylic acids is 1. The summed E-state index contributed by atoms with van der Waals surface area (Å²) in [5, 5.41) is 3.18. The number of nitrogens with zero attached hydrogens (tertiary/aromatic N) is 3. The normalized spacial score (nSPS) is 13.5. The maximum Gasteiger partial charge on any atom is 0.354 e. The first-order valence-corrected chi connectivity index (χ1v) is 16.6. The number of aromatic nitrogens is 1. The Hall–Kier alpha value is -1.04. The monoisotopic (exact) mass is 596 g/mol. The number of hydrogen-bond donors (Lipinski definition) is 5. The molecule has 1 amide bonds. The number of nitrogens with one attached hydrogen (secondary N) is 1. The largest absolute Gasteiger partial charge is 0.354 e. The number of pyridine rings is 1. The SMILES string of the molecule is CCN(CC)CCCC(C)N(C(=O)SCCNC(P(=O)(O)O)P(=O)(O)O)c1ccnc2cc(Cl)ccc12. The van der Waals surface area contributed by atoms with Crippen molar-refractivity contribution in [1.82, 2.24) is 15.2 Å². The minimum absolute atomic E-state index is 0.0346. The van der Waals surface area contributed by atoms with Gasteiger partial charge in [0.25, 0.3) is 5.24 Å². The average Bonchev–Trinajstić information content (AvgIpc) is 2.80. The zero-order valence-electron chi connectivity index (χ0n) is 21.0. The summed E-state index contributed by atoms with van der Waals surface area (Å²) in [6.45, 7) is 8.74. The number of amides is 1. The summed E-state index contributed by atoms with van der Waals surface area (Å²) in [6.07, 6.45) is 3.21. The lowest BCUT2D eigenvalue weighted by Crippen LogP contribution is -2.38. The number of anilines is 1. The first kappa shape index (κ1) is 32.2. The Balaban J connectivity index is 2.22. The fourth-order valence-corrected chi connectivity index (χ4v) is 7.22. The molecule has 0 spiro atoms. The standard InChI is InChI=1S/C22H35ClN4O7P2S/c1-4-26(5-2)13-6-7-16(3)27(20-10-11-24-19-15-17(23)8-9-18(19)20)22(28)37-14-12-25-21(35(29,30)31)36(32,33)34/h8-11,15-16,21,25H,4-7,12-14H2,1-3H3,(H2,29,30,31)(H2,32,33,34). The molecule has 15 heteroatoms. The van der Waals surface area contributed by atoms with Crippen LogP contribution in [0.4, 0.5) is 10.5 Å². The van der Waals surface area contributed by atoms with Crippen LogP contribution in [-0.4, -0.2) is 78.2 Å². The number of halogens is 1. The van der Waals surface area contributed by atoms with Crippen molar-refractivity contribution in [2.45, 2.75) is 45.2 Å². The molecule has 2 rings (SSSR count). The van der Waals surface area contributed by atoms with Crippen LogP contribution in [0, 0.1) is 0 Å². The fraction of sp³-hybridized carbons (Fsp3) is 0.545. The lowest BCUT2D eigenvalue weighted by atomic mass is 10.1. The van der Waals surface area contributed by atoms with Crippen LogP contribution in [0.2, 0.25) is 5.02 Å². The number of thioether (sulfide) groups is 1. The van der Waals surface area contributed by atoms with E-state index in [-0.39, 0.29) is 23.6 Å². The van der Waals surface area contributed by atoms with Crippen LogP contribution in [-0.2, 0) is 9.13 Å². The van der Waals surface area contributed by atoms with Crippen molar-refractivity contribution in [2.24, 2.45) is 0 Å². The first-order chi connectivity index (χ1) is 17.3. The number of carbonyl (C=O) groups is 1. The summed E-state index contributed by atoms with van der Waals surface area (Å²) in [6, 6.07) is 6.83. The van der Waals surface area contributed by atoms with E-state index in [2.05, 4.69) is 29.0 Å². The van der Waals surface area contributed by atoms with Crippen molar-refractivity contribution < 1.29 is 33.5 Å². The highest BCUT2D eigenvalue weighted by Gasteiger charge is 2.42. The van der Waals surface area contributed by atoms with E-state index in [1.165, 1.54) is 0 Å². The summed E-state index contributed by atoms with van der Waals surface area (Å²) in [5.41, 5.74) is -1.03. The average molecular weight is 597 g/mol. The van der Waals surface area contributed by atoms with Crippen molar-refractivity contribution in [2.75, 3.05) is 36.8 Å². The van der Waals surface area contributed by atoms with Crippen LogP contribution >= 0.6 is 38.6 Å². The highest BCUT2D eigenvalue weighted by molar-refractivity contribution is 8.13. The third kappa shape index (κ3) is 9.58. The van der Waals surface area contributed by atoms with E-state index >= 15 is 0 Å². The Bertz CT molecular complexity index is 1120. The molecule has 0 bridgehead atoms. The van der Waals surface area contributed by atoms with Crippen LogP contribution in [0.25, 0.3) is 10.9 Å². The van der Waals surface area contributed by atoms with E-state index in [1.54, 1.807) is 35.4 Å². The van der Waals surface area contributed by atoms with Gasteiger partial charge in [0, 0.05) is 34.9 Å². The Labute approximate surface area is 226 Å². The molecule has 0 saturated heterocycles. The molecule has 1 aromatic heterocycles. The molecule has 1 aromatic carbocycles. The van der Waals surface area contributed by atoms with Gasteiger partial charge in [0.1, 0.15) is 0 Å². The molecule has 5 N–H and O–H groups in total. The molecule has 11 nitrogen and oxygen atoms in total. The minimum Gasteiger partial charge on any atom is -0.323 e. The quantitative estimate of drug-likeness (QED) is 0.156. The summed E-state index contributed by atoms with van der Waals surface area (Å²) in [4.78, 5) is 58.8. The molecule has 0 aliphatic rings. The van der Waals surface area contributed by atoms with Gasteiger partial charge in [-0.1, -0.05) is 37.2 Å². The number of rotatable bonds is 14. The summed E-state index contributed by atoms with van der Waals surface area (Å²) in [7, 11) is -10.2. The summed E-state index contributed by atoms with van der Waals surface area (Å²) in [5.74, 6) is 0.0346. The van der Waals surface area contributed by atoms with E-state index in [0.717, 1.165) is 49.6 Å². The zero-order valence-corrected chi connectivity index (χ0v) is 24.4. The number of benzene rings is 1. The van der Waals surface area contributed by atoms with Gasteiger partial charge in [-0.25, -0.2) is 0 Å². The van der Waals surface area contributed by atoms with Crippen LogP contribution in [0.1, 0.15) is 33.6 Å². The van der Waals surface area contributed by atoms with Crippen molar-refractivity contribution in [3.63, 3.8) is 0 Å². The molecule has 0 aliphatic carbocycles. The van der Waals surface area contributed by atoms with Crippen LogP contribution in [0.15, 0.2) is 30.5 Å². The molecule has 1 unspecified atom stereocenters. The van der Waals surface area contributed by atoms with Crippen molar-refractivity contribution in [3.8, 4) is 0 Å². The van der Waals surface area contributed by atoms with Crippen LogP contribution < -0.4 is 10.2 Å². The molecule has 2 aromatic rings. The van der Waals surface area contributed by atoms with E-state index in [0.29, 0.717) is 16.2 Å². The molecule has 0 fully saturated rings. The molecule has 1 atom stereocenters. The second kappa shape index (κ2) is 14.4. The third-order valence-electron chi connectivity index (χ3n) is 5.86. The van der Waals surface area contributed by atoms with Gasteiger partial charge < -0.3 is 24.5 Å². The second-order valence-electron chi connectivity index (χ2n) is 8.50. The van der Waals surface area contributed by atoms with Gasteiger partial charge in [-0.15, -0.1) is 0 Å².